The number of anilines is 1. The summed E-state index contributed by atoms with van der Waals surface area (Å²) in [4.78, 5) is 3.99. The summed E-state index contributed by atoms with van der Waals surface area (Å²) >= 11 is 0. The molecule has 0 bridgehead atoms. The number of nitrogen functional groups attached to an aromatic ring is 1. The lowest BCUT2D eigenvalue weighted by Crippen LogP contribution is -2.30. The first-order valence-corrected chi connectivity index (χ1v) is 8.89. The Hall–Kier alpha value is -2.58. The van der Waals surface area contributed by atoms with E-state index < -0.39 is 29.4 Å². The molecule has 0 atom stereocenters. The number of hydrogen-bond donors (Lipinski definition) is 3. The van der Waals surface area contributed by atoms with Crippen LogP contribution in [0.25, 0.3) is 16.6 Å². The molecule has 142 valence electrons. The number of nitrogens with two attached hydrogens (primary N) is 1. The zero-order chi connectivity index (χ0) is 19.2. The highest BCUT2D eigenvalue weighted by atomic mass is 19.1. The van der Waals surface area contributed by atoms with Crippen LogP contribution >= 0.6 is 0 Å². The minimum atomic E-state index is -1.08. The number of rotatable bonds is 3. The second-order valence-corrected chi connectivity index (χ2v) is 7.02. The highest BCUT2D eigenvalue weighted by Gasteiger charge is 2.35. The summed E-state index contributed by atoms with van der Waals surface area (Å²) < 4.78 is 29.9. The Morgan fingerprint density at radius 2 is 1.78 bits per heavy atom. The van der Waals surface area contributed by atoms with Crippen molar-refractivity contribution in [1.82, 2.24) is 14.6 Å². The molecule has 1 fully saturated rings. The Kier molecular flexibility index (Phi) is 4.32. The SMILES string of the molecule is Nc1ncnn2c(C3(O)CCCCC3)cc(-c3cc(F)c(CO)c(F)c3)c12. The Labute approximate surface area is 154 Å². The molecular formula is C19H20F2N4O2. The molecule has 4 rings (SSSR count). The standard InChI is InChI=1S/C19H20F2N4O2/c20-14-6-11(7-15(21)13(14)9-26)12-8-16(19(27)4-2-1-3-5-19)25-17(12)18(22)23-10-24-25/h6-8,10,26-27H,1-5,9H2,(H2,22,23,24). The van der Waals surface area contributed by atoms with Gasteiger partial charge in [0.05, 0.1) is 12.3 Å². The van der Waals surface area contributed by atoms with Gasteiger partial charge in [0.25, 0.3) is 0 Å². The van der Waals surface area contributed by atoms with E-state index in [9.17, 15) is 13.9 Å². The molecule has 0 amide bonds. The van der Waals surface area contributed by atoms with Crippen LogP contribution in [0.3, 0.4) is 0 Å². The van der Waals surface area contributed by atoms with Crippen molar-refractivity contribution < 1.29 is 19.0 Å². The van der Waals surface area contributed by atoms with Crippen molar-refractivity contribution >= 4 is 11.3 Å². The molecule has 3 aromatic rings. The second kappa shape index (κ2) is 6.54. The van der Waals surface area contributed by atoms with Crippen LogP contribution in [0.15, 0.2) is 24.5 Å². The number of aliphatic hydroxyl groups excluding tert-OH is 1. The molecule has 0 aliphatic heterocycles. The van der Waals surface area contributed by atoms with E-state index in [1.165, 1.54) is 10.8 Å². The van der Waals surface area contributed by atoms with E-state index in [4.69, 9.17) is 10.8 Å². The third kappa shape index (κ3) is 2.85. The Morgan fingerprint density at radius 1 is 1.11 bits per heavy atom. The monoisotopic (exact) mass is 374 g/mol. The van der Waals surface area contributed by atoms with Crippen molar-refractivity contribution in [3.8, 4) is 11.1 Å². The largest absolute Gasteiger partial charge is 0.391 e. The molecule has 0 spiro atoms. The van der Waals surface area contributed by atoms with Crippen LogP contribution < -0.4 is 5.73 Å². The van der Waals surface area contributed by atoms with Crippen LogP contribution in [-0.4, -0.2) is 24.8 Å². The zero-order valence-corrected chi connectivity index (χ0v) is 14.6. The summed E-state index contributed by atoms with van der Waals surface area (Å²) in [5.74, 6) is -1.54. The van der Waals surface area contributed by atoms with Crippen molar-refractivity contribution in [2.75, 3.05) is 5.73 Å². The fourth-order valence-corrected chi connectivity index (χ4v) is 3.92. The van der Waals surface area contributed by atoms with Crippen LogP contribution in [0.5, 0.6) is 0 Å². The summed E-state index contributed by atoms with van der Waals surface area (Å²) in [5.41, 5.74) is 6.16. The van der Waals surface area contributed by atoms with Crippen LogP contribution in [0.4, 0.5) is 14.6 Å². The van der Waals surface area contributed by atoms with Crippen molar-refractivity contribution in [1.29, 1.82) is 0 Å². The fourth-order valence-electron chi connectivity index (χ4n) is 3.92. The lowest BCUT2D eigenvalue weighted by Gasteiger charge is -2.31. The number of aliphatic hydroxyl groups is 2. The lowest BCUT2D eigenvalue weighted by atomic mass is 9.82. The van der Waals surface area contributed by atoms with Gasteiger partial charge in [-0.2, -0.15) is 5.10 Å². The van der Waals surface area contributed by atoms with Crippen LogP contribution in [0, 0.1) is 11.6 Å². The first kappa shape index (κ1) is 17.8. The average molecular weight is 374 g/mol. The quantitative estimate of drug-likeness (QED) is 0.655. The van der Waals surface area contributed by atoms with Gasteiger partial charge in [0, 0.05) is 11.1 Å². The smallest absolute Gasteiger partial charge is 0.151 e. The first-order valence-electron chi connectivity index (χ1n) is 8.89. The van der Waals surface area contributed by atoms with E-state index in [0.717, 1.165) is 31.4 Å². The number of halogens is 2. The van der Waals surface area contributed by atoms with E-state index in [1.807, 2.05) is 0 Å². The van der Waals surface area contributed by atoms with Gasteiger partial charge in [0.1, 0.15) is 29.1 Å². The van der Waals surface area contributed by atoms with Gasteiger partial charge < -0.3 is 15.9 Å². The maximum absolute atomic E-state index is 14.2. The number of nitrogens with zero attached hydrogens (tertiary/aromatic N) is 3. The Morgan fingerprint density at radius 3 is 2.41 bits per heavy atom. The number of benzene rings is 1. The predicted molar refractivity (Wildman–Crippen MR) is 95.7 cm³/mol. The molecule has 8 heteroatoms. The van der Waals surface area contributed by atoms with Crippen molar-refractivity contribution in [3.05, 3.63) is 47.4 Å². The van der Waals surface area contributed by atoms with Gasteiger partial charge in [0.2, 0.25) is 0 Å². The van der Waals surface area contributed by atoms with Crippen molar-refractivity contribution in [2.45, 2.75) is 44.3 Å². The van der Waals surface area contributed by atoms with Crippen LogP contribution in [0.1, 0.15) is 43.4 Å². The zero-order valence-electron chi connectivity index (χ0n) is 14.6. The number of fused-ring (bicyclic) bond motifs is 1. The number of aromatic nitrogens is 3. The van der Waals surface area contributed by atoms with Gasteiger partial charge in [-0.15, -0.1) is 0 Å². The summed E-state index contributed by atoms with van der Waals surface area (Å²) in [7, 11) is 0. The van der Waals surface area contributed by atoms with Crippen molar-refractivity contribution in [3.63, 3.8) is 0 Å². The summed E-state index contributed by atoms with van der Waals surface area (Å²) in [6, 6.07) is 3.97. The minimum absolute atomic E-state index is 0.151. The molecule has 27 heavy (non-hydrogen) atoms. The molecule has 4 N–H and O–H groups in total. The summed E-state index contributed by atoms with van der Waals surface area (Å²) in [5, 5.41) is 24.5. The van der Waals surface area contributed by atoms with E-state index in [0.29, 0.717) is 29.6 Å². The maximum Gasteiger partial charge on any atom is 0.151 e. The summed E-state index contributed by atoms with van der Waals surface area (Å²) in [6.45, 7) is -0.731. The molecule has 1 aliphatic rings. The van der Waals surface area contributed by atoms with E-state index in [-0.39, 0.29) is 11.4 Å². The number of hydrogen-bond acceptors (Lipinski definition) is 5. The molecule has 1 saturated carbocycles. The summed E-state index contributed by atoms with van der Waals surface area (Å²) in [6.07, 6.45) is 5.26. The topological polar surface area (TPSA) is 96.7 Å². The van der Waals surface area contributed by atoms with Gasteiger partial charge in [0.15, 0.2) is 5.82 Å². The Balaban J connectivity index is 1.97. The fraction of sp³-hybridized carbons (Fsp3) is 0.368. The first-order chi connectivity index (χ1) is 12.9. The van der Waals surface area contributed by atoms with Gasteiger partial charge in [-0.3, -0.25) is 0 Å². The van der Waals surface area contributed by atoms with Crippen LogP contribution in [-0.2, 0) is 12.2 Å². The third-order valence-electron chi connectivity index (χ3n) is 5.35. The Bertz CT molecular complexity index is 989. The normalized spacial score (nSPS) is 16.7. The molecule has 1 aliphatic carbocycles. The van der Waals surface area contributed by atoms with Gasteiger partial charge in [-0.1, -0.05) is 19.3 Å². The highest BCUT2D eigenvalue weighted by molar-refractivity contribution is 5.88. The maximum atomic E-state index is 14.2. The van der Waals surface area contributed by atoms with E-state index in [2.05, 4.69) is 10.1 Å². The molecule has 0 radical (unpaired) electrons. The van der Waals surface area contributed by atoms with E-state index >= 15 is 0 Å². The van der Waals surface area contributed by atoms with Gasteiger partial charge in [-0.05, 0) is 36.6 Å². The van der Waals surface area contributed by atoms with Gasteiger partial charge in [-0.25, -0.2) is 18.3 Å². The highest BCUT2D eigenvalue weighted by Crippen LogP contribution is 2.41. The molecule has 2 heterocycles. The van der Waals surface area contributed by atoms with E-state index in [1.54, 1.807) is 6.07 Å². The minimum Gasteiger partial charge on any atom is -0.391 e. The van der Waals surface area contributed by atoms with Crippen molar-refractivity contribution in [2.24, 2.45) is 0 Å². The molecule has 1 aromatic carbocycles. The lowest BCUT2D eigenvalue weighted by molar-refractivity contribution is -0.00611. The third-order valence-corrected chi connectivity index (χ3v) is 5.35. The second-order valence-electron chi connectivity index (χ2n) is 7.02. The van der Waals surface area contributed by atoms with Crippen LogP contribution in [0.2, 0.25) is 0 Å². The molecule has 0 unspecified atom stereocenters. The molecule has 2 aromatic heterocycles. The molecular weight excluding hydrogens is 354 g/mol. The predicted octanol–water partition coefficient (Wildman–Crippen LogP) is 2.90. The average Bonchev–Trinajstić information content (AvgIpc) is 3.04. The molecule has 0 saturated heterocycles. The molecule has 6 nitrogen and oxygen atoms in total. The van der Waals surface area contributed by atoms with Gasteiger partial charge >= 0.3 is 0 Å².